The predicted molar refractivity (Wildman–Crippen MR) is 150 cm³/mol. The summed E-state index contributed by atoms with van der Waals surface area (Å²) < 4.78 is 9.76. The van der Waals surface area contributed by atoms with E-state index in [-0.39, 0.29) is 35.4 Å². The average Bonchev–Trinajstić information content (AvgIpc) is 3.54. The number of aliphatic hydroxyl groups is 1. The first-order chi connectivity index (χ1) is 21.4. The standard InChI is InChI=1S/C31H25N3O11/c1-44-30(42)14-6-12(8-16(9-14)34-29(41)21-4-5-33-45-21)17-2-3-19(35)23-18(17)10-13-7-15-11-20(36)24(28(32)40)27(39)31(15,43)26(38)22(13)25(23)37/h2-6,8-9,13,15,22,24,35,43H,7,10-11H2,1H3,(H2,32,40)(H,34,41)/t13-,15+,22?,24?,31+/m1/s1. The van der Waals surface area contributed by atoms with E-state index in [1.807, 2.05) is 0 Å². The number of fused-ring (bicyclic) bond motifs is 3. The zero-order valence-electron chi connectivity index (χ0n) is 23.6. The van der Waals surface area contributed by atoms with E-state index in [9.17, 15) is 43.8 Å². The summed E-state index contributed by atoms with van der Waals surface area (Å²) in [6.07, 6.45) is 0.743. The number of ketones is 4. The molecule has 0 saturated heterocycles. The van der Waals surface area contributed by atoms with Crippen LogP contribution < -0.4 is 11.1 Å². The summed E-state index contributed by atoms with van der Waals surface area (Å²) in [6.45, 7) is 0. The number of rotatable bonds is 5. The minimum Gasteiger partial charge on any atom is -0.507 e. The van der Waals surface area contributed by atoms with Gasteiger partial charge in [0.1, 0.15) is 5.75 Å². The highest BCUT2D eigenvalue weighted by Gasteiger charge is 2.66. The van der Waals surface area contributed by atoms with Crippen molar-refractivity contribution < 1.29 is 53.0 Å². The first kappa shape index (κ1) is 29.6. The quantitative estimate of drug-likeness (QED) is 0.233. The van der Waals surface area contributed by atoms with Crippen LogP contribution in [-0.4, -0.2) is 69.0 Å². The largest absolute Gasteiger partial charge is 0.507 e. The molecule has 2 unspecified atom stereocenters. The maximum absolute atomic E-state index is 13.9. The van der Waals surface area contributed by atoms with Gasteiger partial charge in [0.15, 0.2) is 34.7 Å². The lowest BCUT2D eigenvalue weighted by Gasteiger charge is -2.48. The Bertz CT molecular complexity index is 1850. The number of ether oxygens (including phenoxy) is 1. The fourth-order valence-electron chi connectivity index (χ4n) is 6.85. The summed E-state index contributed by atoms with van der Waals surface area (Å²) in [5.41, 5.74) is 3.50. The molecule has 2 saturated carbocycles. The molecule has 0 bridgehead atoms. The van der Waals surface area contributed by atoms with Crippen molar-refractivity contribution in [2.24, 2.45) is 29.4 Å². The van der Waals surface area contributed by atoms with E-state index in [2.05, 4.69) is 10.5 Å². The van der Waals surface area contributed by atoms with Crippen LogP contribution in [0.25, 0.3) is 11.1 Å². The Balaban J connectivity index is 1.43. The summed E-state index contributed by atoms with van der Waals surface area (Å²) in [6, 6.07) is 8.43. The lowest BCUT2D eigenvalue weighted by atomic mass is 9.53. The number of phenolic OH excluding ortho intramolecular Hbond substituents is 1. The summed E-state index contributed by atoms with van der Waals surface area (Å²) in [5, 5.41) is 28.3. The molecule has 3 aliphatic rings. The van der Waals surface area contributed by atoms with Gasteiger partial charge in [-0.05, 0) is 59.7 Å². The van der Waals surface area contributed by atoms with Crippen LogP contribution in [0, 0.1) is 23.7 Å². The lowest BCUT2D eigenvalue weighted by molar-refractivity contribution is -0.175. The van der Waals surface area contributed by atoms with Crippen molar-refractivity contribution in [2.75, 3.05) is 12.4 Å². The molecule has 0 radical (unpaired) electrons. The number of Topliss-reactive ketones (excluding diaryl/α,β-unsaturated/α-hetero) is 4. The van der Waals surface area contributed by atoms with Gasteiger partial charge >= 0.3 is 5.97 Å². The molecule has 0 spiro atoms. The first-order valence-corrected chi connectivity index (χ1v) is 13.8. The minimum atomic E-state index is -2.76. The van der Waals surface area contributed by atoms with Crippen LogP contribution in [-0.2, 0) is 30.3 Å². The van der Waals surface area contributed by atoms with Crippen molar-refractivity contribution in [1.29, 1.82) is 0 Å². The van der Waals surface area contributed by atoms with Crippen molar-refractivity contribution in [3.63, 3.8) is 0 Å². The Morgan fingerprint density at radius 3 is 2.49 bits per heavy atom. The molecular weight excluding hydrogens is 590 g/mol. The van der Waals surface area contributed by atoms with Crippen LogP contribution in [0.4, 0.5) is 5.69 Å². The van der Waals surface area contributed by atoms with Gasteiger partial charge in [0.05, 0.1) is 30.4 Å². The predicted octanol–water partition coefficient (Wildman–Crippen LogP) is 1.02. The number of aromatic nitrogens is 1. The minimum absolute atomic E-state index is 0.0115. The summed E-state index contributed by atoms with van der Waals surface area (Å²) in [7, 11) is 1.18. The van der Waals surface area contributed by atoms with Crippen molar-refractivity contribution >= 4 is 46.6 Å². The van der Waals surface area contributed by atoms with E-state index in [4.69, 9.17) is 15.0 Å². The highest BCUT2D eigenvalue weighted by atomic mass is 16.5. The molecule has 5 atom stereocenters. The van der Waals surface area contributed by atoms with Gasteiger partial charge in [-0.15, -0.1) is 0 Å². The zero-order chi connectivity index (χ0) is 32.4. The molecule has 2 aromatic carbocycles. The van der Waals surface area contributed by atoms with E-state index in [0.29, 0.717) is 16.7 Å². The Hall–Kier alpha value is -5.50. The van der Waals surface area contributed by atoms with E-state index in [1.165, 1.54) is 49.7 Å². The number of amides is 2. The fourth-order valence-corrected chi connectivity index (χ4v) is 6.85. The van der Waals surface area contributed by atoms with E-state index in [1.54, 1.807) is 0 Å². The number of esters is 1. The number of aromatic hydroxyl groups is 1. The SMILES string of the molecule is COC(=O)c1cc(NC(=O)c2ccno2)cc(-c2ccc(O)c3c2C[C@H]2C[C@H]4CC(=O)C(C(N)=O)C(=O)[C@@]4(O)C(=O)C2C3=O)c1. The maximum atomic E-state index is 13.9. The summed E-state index contributed by atoms with van der Waals surface area (Å²) in [4.78, 5) is 90.5. The van der Waals surface area contributed by atoms with Crippen LogP contribution in [0.3, 0.4) is 0 Å². The van der Waals surface area contributed by atoms with Crippen molar-refractivity contribution in [2.45, 2.75) is 24.9 Å². The van der Waals surface area contributed by atoms with Crippen LogP contribution in [0.5, 0.6) is 5.75 Å². The third kappa shape index (κ3) is 4.52. The van der Waals surface area contributed by atoms with E-state index in [0.717, 1.165) is 0 Å². The third-order valence-corrected chi connectivity index (χ3v) is 8.87. The molecule has 14 heteroatoms. The Morgan fingerprint density at radius 1 is 1.07 bits per heavy atom. The molecule has 1 aromatic heterocycles. The smallest absolute Gasteiger partial charge is 0.337 e. The molecule has 3 aliphatic carbocycles. The topological polar surface area (TPSA) is 233 Å². The van der Waals surface area contributed by atoms with Crippen LogP contribution in [0.15, 0.2) is 47.1 Å². The molecule has 5 N–H and O–H groups in total. The van der Waals surface area contributed by atoms with Gasteiger partial charge < -0.3 is 30.5 Å². The first-order valence-electron chi connectivity index (χ1n) is 13.8. The summed E-state index contributed by atoms with van der Waals surface area (Å²) in [5.74, 6) is -12.9. The maximum Gasteiger partial charge on any atom is 0.337 e. The van der Waals surface area contributed by atoms with Crippen molar-refractivity contribution in [1.82, 2.24) is 5.16 Å². The van der Waals surface area contributed by atoms with Gasteiger partial charge in [0, 0.05) is 24.1 Å². The van der Waals surface area contributed by atoms with Gasteiger partial charge in [0.2, 0.25) is 11.7 Å². The number of anilines is 1. The molecular formula is C31H25N3O11. The van der Waals surface area contributed by atoms with Gasteiger partial charge in [0.25, 0.3) is 5.91 Å². The monoisotopic (exact) mass is 615 g/mol. The second-order valence-corrected chi connectivity index (χ2v) is 11.3. The Labute approximate surface area is 253 Å². The molecule has 3 aromatic rings. The normalized spacial score (nSPS) is 25.6. The number of carbonyl (C=O) groups excluding carboxylic acids is 7. The number of primary amides is 1. The number of phenols is 1. The fraction of sp³-hybridized carbons (Fsp3) is 0.290. The van der Waals surface area contributed by atoms with Gasteiger partial charge in [-0.3, -0.25) is 28.8 Å². The number of hydrogen-bond acceptors (Lipinski definition) is 12. The number of benzene rings is 2. The number of carbonyl (C=O) groups is 7. The molecule has 230 valence electrons. The number of methoxy groups -OCH3 is 1. The Morgan fingerprint density at radius 2 is 1.82 bits per heavy atom. The second kappa shape index (κ2) is 10.6. The Kier molecular flexibility index (Phi) is 6.96. The molecule has 14 nitrogen and oxygen atoms in total. The third-order valence-electron chi connectivity index (χ3n) is 8.87. The molecule has 6 rings (SSSR count). The van der Waals surface area contributed by atoms with Crippen LogP contribution in [0.2, 0.25) is 0 Å². The van der Waals surface area contributed by atoms with E-state index < -0.39 is 82.4 Å². The van der Waals surface area contributed by atoms with Crippen LogP contribution >= 0.6 is 0 Å². The molecule has 2 fully saturated rings. The second-order valence-electron chi connectivity index (χ2n) is 11.3. The van der Waals surface area contributed by atoms with Gasteiger partial charge in [-0.2, -0.15) is 0 Å². The van der Waals surface area contributed by atoms with Crippen molar-refractivity contribution in [3.05, 3.63) is 65.0 Å². The zero-order valence-corrected chi connectivity index (χ0v) is 23.6. The molecule has 1 heterocycles. The average molecular weight is 616 g/mol. The molecule has 45 heavy (non-hydrogen) atoms. The van der Waals surface area contributed by atoms with Crippen molar-refractivity contribution in [3.8, 4) is 16.9 Å². The number of hydrogen-bond donors (Lipinski definition) is 4. The highest BCUT2D eigenvalue weighted by Crippen LogP contribution is 2.51. The molecule has 0 aliphatic heterocycles. The van der Waals surface area contributed by atoms with Gasteiger partial charge in [-0.25, -0.2) is 4.79 Å². The van der Waals surface area contributed by atoms with Crippen LogP contribution in [0.1, 0.15) is 49.7 Å². The number of nitrogens with two attached hydrogens (primary N) is 1. The number of nitrogens with zero attached hydrogens (tertiary/aromatic N) is 1. The molecule has 2 amide bonds. The van der Waals surface area contributed by atoms with E-state index >= 15 is 0 Å². The highest BCUT2D eigenvalue weighted by molar-refractivity contribution is 6.31. The lowest BCUT2D eigenvalue weighted by Crippen LogP contribution is -2.68. The van der Waals surface area contributed by atoms with Gasteiger partial charge in [-0.1, -0.05) is 11.2 Å². The number of nitrogens with one attached hydrogen (secondary N) is 1. The summed E-state index contributed by atoms with van der Waals surface area (Å²) >= 11 is 0.